The van der Waals surface area contributed by atoms with E-state index in [0.29, 0.717) is 6.54 Å². The number of anilines is 1. The minimum absolute atomic E-state index is 0.0148. The fourth-order valence-electron chi connectivity index (χ4n) is 2.02. The fourth-order valence-corrected chi connectivity index (χ4v) is 2.79. The van der Waals surface area contributed by atoms with Crippen molar-refractivity contribution in [1.82, 2.24) is 4.98 Å². The van der Waals surface area contributed by atoms with Crippen LogP contribution in [0.3, 0.4) is 0 Å². The van der Waals surface area contributed by atoms with Gasteiger partial charge in [0, 0.05) is 23.5 Å². The average Bonchev–Trinajstić information content (AvgIpc) is 2.81. The number of hydrogen-bond acceptors (Lipinski definition) is 4. The van der Waals surface area contributed by atoms with E-state index in [1.54, 1.807) is 11.3 Å². The van der Waals surface area contributed by atoms with Crippen molar-refractivity contribution in [2.45, 2.75) is 20.3 Å². The Balaban J connectivity index is 2.09. The number of carboxylic acid groups (broad SMARTS) is 1. The molecule has 0 spiro atoms. The number of rotatable bonds is 6. The molecule has 0 radical (unpaired) electrons. The van der Waals surface area contributed by atoms with Gasteiger partial charge < -0.3 is 10.0 Å². The maximum Gasteiger partial charge on any atom is 0.323 e. The molecule has 2 rings (SSSR count). The average molecular weight is 290 g/mol. The Hall–Kier alpha value is -1.88. The molecule has 1 N–H and O–H groups in total. The molecule has 4 nitrogen and oxygen atoms in total. The first-order chi connectivity index (χ1) is 9.56. The van der Waals surface area contributed by atoms with Gasteiger partial charge in [-0.15, -0.1) is 11.3 Å². The molecule has 0 aliphatic carbocycles. The lowest BCUT2D eigenvalue weighted by molar-refractivity contribution is -0.135. The lowest BCUT2D eigenvalue weighted by atomic mass is 10.2. The van der Waals surface area contributed by atoms with Crippen molar-refractivity contribution >= 4 is 23.0 Å². The first-order valence-corrected chi connectivity index (χ1v) is 7.36. The van der Waals surface area contributed by atoms with Gasteiger partial charge in [-0.05, 0) is 26.0 Å². The lowest BCUT2D eigenvalue weighted by Crippen LogP contribution is -2.31. The van der Waals surface area contributed by atoms with Crippen LogP contribution in [0.1, 0.15) is 16.1 Å². The van der Waals surface area contributed by atoms with E-state index in [1.807, 2.05) is 48.5 Å². The number of benzene rings is 1. The zero-order valence-corrected chi connectivity index (χ0v) is 12.5. The predicted molar refractivity (Wildman–Crippen MR) is 81.6 cm³/mol. The van der Waals surface area contributed by atoms with Crippen LogP contribution in [0.25, 0.3) is 0 Å². The van der Waals surface area contributed by atoms with Gasteiger partial charge in [0.05, 0.1) is 11.2 Å². The molecular formula is C15H18N2O2S. The van der Waals surface area contributed by atoms with Crippen molar-refractivity contribution in [2.24, 2.45) is 0 Å². The Morgan fingerprint density at radius 2 is 2.00 bits per heavy atom. The van der Waals surface area contributed by atoms with E-state index in [4.69, 9.17) is 5.11 Å². The number of aryl methyl sites for hydroxylation is 2. The maximum atomic E-state index is 11.0. The topological polar surface area (TPSA) is 53.4 Å². The molecule has 1 aromatic carbocycles. The monoisotopic (exact) mass is 290 g/mol. The third-order valence-electron chi connectivity index (χ3n) is 3.18. The molecule has 0 amide bonds. The molecule has 20 heavy (non-hydrogen) atoms. The summed E-state index contributed by atoms with van der Waals surface area (Å²) >= 11 is 1.62. The highest BCUT2D eigenvalue weighted by atomic mass is 32.1. The number of aromatic nitrogens is 1. The van der Waals surface area contributed by atoms with Gasteiger partial charge in [-0.1, -0.05) is 17.7 Å². The van der Waals surface area contributed by atoms with E-state index in [-0.39, 0.29) is 6.54 Å². The van der Waals surface area contributed by atoms with Crippen LogP contribution in [0.5, 0.6) is 0 Å². The minimum atomic E-state index is -0.813. The summed E-state index contributed by atoms with van der Waals surface area (Å²) in [7, 11) is 0. The Morgan fingerprint density at radius 3 is 2.55 bits per heavy atom. The zero-order chi connectivity index (χ0) is 14.5. The van der Waals surface area contributed by atoms with Crippen LogP contribution in [0.2, 0.25) is 0 Å². The summed E-state index contributed by atoms with van der Waals surface area (Å²) in [5.41, 5.74) is 4.98. The number of carbonyl (C=O) groups is 1. The number of aliphatic carboxylic acids is 1. The number of hydrogen-bond donors (Lipinski definition) is 1. The molecule has 2 aromatic rings. The minimum Gasteiger partial charge on any atom is -0.480 e. The van der Waals surface area contributed by atoms with Gasteiger partial charge in [0.1, 0.15) is 6.54 Å². The van der Waals surface area contributed by atoms with Gasteiger partial charge in [-0.25, -0.2) is 4.98 Å². The maximum absolute atomic E-state index is 11.0. The van der Waals surface area contributed by atoms with Crippen LogP contribution in [-0.2, 0) is 11.2 Å². The van der Waals surface area contributed by atoms with Crippen molar-refractivity contribution in [3.8, 4) is 0 Å². The molecule has 5 heteroatoms. The van der Waals surface area contributed by atoms with Gasteiger partial charge in [-0.2, -0.15) is 0 Å². The third kappa shape index (κ3) is 3.81. The van der Waals surface area contributed by atoms with Gasteiger partial charge in [0.25, 0.3) is 0 Å². The third-order valence-corrected chi connectivity index (χ3v) is 4.17. The smallest absolute Gasteiger partial charge is 0.323 e. The SMILES string of the molecule is Cc1ccc(N(CCc2scnc2C)CC(=O)O)cc1. The summed E-state index contributed by atoms with van der Waals surface area (Å²) in [6.07, 6.45) is 0.817. The van der Waals surface area contributed by atoms with E-state index in [0.717, 1.165) is 17.8 Å². The second-order valence-electron chi connectivity index (χ2n) is 4.76. The van der Waals surface area contributed by atoms with E-state index in [2.05, 4.69) is 4.98 Å². The molecule has 0 saturated carbocycles. The Bertz CT molecular complexity index is 578. The van der Waals surface area contributed by atoms with E-state index >= 15 is 0 Å². The normalized spacial score (nSPS) is 10.5. The number of thiazole rings is 1. The molecule has 0 atom stereocenters. The molecule has 1 aromatic heterocycles. The molecule has 1 heterocycles. The molecule has 0 saturated heterocycles. The Labute approximate surface area is 122 Å². The summed E-state index contributed by atoms with van der Waals surface area (Å²) in [5.74, 6) is -0.813. The quantitative estimate of drug-likeness (QED) is 0.889. The highest BCUT2D eigenvalue weighted by Gasteiger charge is 2.12. The largest absolute Gasteiger partial charge is 0.480 e. The van der Waals surface area contributed by atoms with Crippen molar-refractivity contribution in [3.63, 3.8) is 0 Å². The van der Waals surface area contributed by atoms with Crippen LogP contribution in [0.15, 0.2) is 29.8 Å². The summed E-state index contributed by atoms with van der Waals surface area (Å²) in [6, 6.07) is 7.94. The molecular weight excluding hydrogens is 272 g/mol. The van der Waals surface area contributed by atoms with Gasteiger partial charge >= 0.3 is 5.97 Å². The van der Waals surface area contributed by atoms with Crippen molar-refractivity contribution in [2.75, 3.05) is 18.0 Å². The number of carboxylic acids is 1. The van der Waals surface area contributed by atoms with Crippen LogP contribution >= 0.6 is 11.3 Å². The van der Waals surface area contributed by atoms with Crippen molar-refractivity contribution in [1.29, 1.82) is 0 Å². The zero-order valence-electron chi connectivity index (χ0n) is 11.7. The molecule has 0 aliphatic heterocycles. The second kappa shape index (κ2) is 6.52. The molecule has 0 bridgehead atoms. The fraction of sp³-hybridized carbons (Fsp3) is 0.333. The summed E-state index contributed by atoms with van der Waals surface area (Å²) in [4.78, 5) is 18.4. The highest BCUT2D eigenvalue weighted by Crippen LogP contribution is 2.18. The van der Waals surface area contributed by atoms with E-state index < -0.39 is 5.97 Å². The first kappa shape index (κ1) is 14.5. The van der Waals surface area contributed by atoms with Gasteiger partial charge in [0.2, 0.25) is 0 Å². The Morgan fingerprint density at radius 1 is 1.30 bits per heavy atom. The van der Waals surface area contributed by atoms with E-state index in [9.17, 15) is 4.79 Å². The Kier molecular flexibility index (Phi) is 4.74. The van der Waals surface area contributed by atoms with Crippen molar-refractivity contribution < 1.29 is 9.90 Å². The molecule has 106 valence electrons. The van der Waals surface area contributed by atoms with Crippen LogP contribution in [0, 0.1) is 13.8 Å². The highest BCUT2D eigenvalue weighted by molar-refractivity contribution is 7.09. The second-order valence-corrected chi connectivity index (χ2v) is 5.70. The molecule has 0 fully saturated rings. The first-order valence-electron chi connectivity index (χ1n) is 6.48. The molecule has 0 aliphatic rings. The predicted octanol–water partition coefficient (Wildman–Crippen LogP) is 2.89. The van der Waals surface area contributed by atoms with Crippen molar-refractivity contribution in [3.05, 3.63) is 45.9 Å². The van der Waals surface area contributed by atoms with Crippen LogP contribution in [-0.4, -0.2) is 29.1 Å². The van der Waals surface area contributed by atoms with Crippen LogP contribution in [0.4, 0.5) is 5.69 Å². The summed E-state index contributed by atoms with van der Waals surface area (Å²) in [5, 5.41) is 9.06. The summed E-state index contributed by atoms with van der Waals surface area (Å²) < 4.78 is 0. The van der Waals surface area contributed by atoms with Gasteiger partial charge in [-0.3, -0.25) is 4.79 Å². The lowest BCUT2D eigenvalue weighted by Gasteiger charge is -2.22. The van der Waals surface area contributed by atoms with Crippen LogP contribution < -0.4 is 4.90 Å². The van der Waals surface area contributed by atoms with E-state index in [1.165, 1.54) is 10.4 Å². The van der Waals surface area contributed by atoms with Gasteiger partial charge in [0.15, 0.2) is 0 Å². The number of nitrogens with zero attached hydrogens (tertiary/aromatic N) is 2. The standard InChI is InChI=1S/C15H18N2O2S/c1-11-3-5-13(6-4-11)17(9-15(18)19)8-7-14-12(2)16-10-20-14/h3-6,10H,7-9H2,1-2H3,(H,18,19). The summed E-state index contributed by atoms with van der Waals surface area (Å²) in [6.45, 7) is 4.70. The molecule has 0 unspecified atom stereocenters.